The van der Waals surface area contributed by atoms with Gasteiger partial charge in [-0.25, -0.2) is 0 Å². The topological polar surface area (TPSA) is 142 Å². The summed E-state index contributed by atoms with van der Waals surface area (Å²) in [5, 5.41) is 33.7. The van der Waals surface area contributed by atoms with Gasteiger partial charge in [0, 0.05) is 18.2 Å². The lowest BCUT2D eigenvalue weighted by Gasteiger charge is -2.32. The number of hydrogen-bond acceptors (Lipinski definition) is 8. The lowest BCUT2D eigenvalue weighted by Crippen LogP contribution is -2.60. The van der Waals surface area contributed by atoms with E-state index < -0.39 is 47.1 Å². The van der Waals surface area contributed by atoms with Gasteiger partial charge in [-0.05, 0) is 13.8 Å². The number of ketones is 2. The molecule has 1 aromatic carbocycles. The van der Waals surface area contributed by atoms with Gasteiger partial charge in [0.1, 0.15) is 18.0 Å². The van der Waals surface area contributed by atoms with E-state index in [-0.39, 0.29) is 16.9 Å². The molecule has 3 rings (SSSR count). The molecule has 0 aliphatic carbocycles. The fraction of sp³-hybridized carbons (Fsp3) is 0.381. The molecular weight excluding hydrogens is 394 g/mol. The van der Waals surface area contributed by atoms with E-state index in [0.717, 1.165) is 7.11 Å². The Kier molecular flexibility index (Phi) is 5.66. The number of rotatable bonds is 6. The van der Waals surface area contributed by atoms with Crippen LogP contribution in [0.2, 0.25) is 0 Å². The summed E-state index contributed by atoms with van der Waals surface area (Å²) in [4.78, 5) is 39.0. The van der Waals surface area contributed by atoms with E-state index in [4.69, 9.17) is 9.47 Å². The van der Waals surface area contributed by atoms with Crippen LogP contribution in [0.15, 0.2) is 53.8 Å². The first-order valence-electron chi connectivity index (χ1n) is 9.26. The molecule has 0 unspecified atom stereocenters. The van der Waals surface area contributed by atoms with Crippen molar-refractivity contribution in [1.29, 1.82) is 0 Å². The molecule has 2 heterocycles. The Hall–Kier alpha value is -2.85. The number of aliphatic hydroxyl groups is 3. The number of methoxy groups -OCH3 is 1. The van der Waals surface area contributed by atoms with Crippen molar-refractivity contribution in [3.63, 3.8) is 0 Å². The second kappa shape index (κ2) is 7.77. The van der Waals surface area contributed by atoms with Crippen molar-refractivity contribution in [2.45, 2.75) is 43.5 Å². The number of carbonyl (C=O) groups excluding carboxylic acids is 3. The summed E-state index contributed by atoms with van der Waals surface area (Å²) in [6, 6.07) is 7.81. The molecule has 0 aromatic heterocycles. The van der Waals surface area contributed by atoms with Crippen LogP contribution in [0.3, 0.4) is 0 Å². The molecule has 1 fully saturated rings. The predicted octanol–water partition coefficient (Wildman–Crippen LogP) is -0.387. The van der Waals surface area contributed by atoms with Gasteiger partial charge in [-0.3, -0.25) is 14.4 Å². The van der Waals surface area contributed by atoms with Crippen LogP contribution in [0.4, 0.5) is 0 Å². The molecule has 1 saturated heterocycles. The highest BCUT2D eigenvalue weighted by atomic mass is 16.6. The molecule has 2 aliphatic rings. The lowest BCUT2D eigenvalue weighted by atomic mass is 9.85. The standard InChI is InChI=1S/C21H23NO8/c1-4-8-13(23)14(24)15-11(2)16(25)20(30-15)18(27)21(29-3,22-19(20)28)17(26)12-9-6-5-7-10-12/h4-10,13-14,18,23-24,27H,1-3H3,(H,22,28)/t13-,14-,18+,20+,21+/m0/s1. The normalized spacial score (nSPS) is 30.7. The molecule has 4 N–H and O–H groups in total. The minimum atomic E-state index is -2.53. The van der Waals surface area contributed by atoms with Crippen molar-refractivity contribution >= 4 is 17.5 Å². The number of carbonyl (C=O) groups is 3. The minimum Gasteiger partial charge on any atom is -0.467 e. The summed E-state index contributed by atoms with van der Waals surface area (Å²) >= 11 is 0. The van der Waals surface area contributed by atoms with Crippen LogP contribution in [-0.2, 0) is 19.1 Å². The zero-order valence-corrected chi connectivity index (χ0v) is 16.7. The van der Waals surface area contributed by atoms with Gasteiger partial charge in [-0.2, -0.15) is 0 Å². The number of benzene rings is 1. The van der Waals surface area contributed by atoms with Gasteiger partial charge in [-0.1, -0.05) is 42.5 Å². The first-order valence-corrected chi connectivity index (χ1v) is 9.26. The number of ether oxygens (including phenoxy) is 2. The Morgan fingerprint density at radius 1 is 1.27 bits per heavy atom. The molecule has 0 radical (unpaired) electrons. The SMILES string of the molecule is CC=C[C@H](O)[C@H](O)C1=C(C)C(=O)[C@]2(O1)C(=O)N[C@@](OC)(C(=O)c1ccccc1)[C@@H]2O. The van der Waals surface area contributed by atoms with Gasteiger partial charge in [0.25, 0.3) is 11.5 Å². The van der Waals surface area contributed by atoms with Crippen LogP contribution in [0.5, 0.6) is 0 Å². The maximum atomic E-state index is 13.1. The number of aliphatic hydroxyl groups excluding tert-OH is 3. The highest BCUT2D eigenvalue weighted by Crippen LogP contribution is 2.44. The largest absolute Gasteiger partial charge is 0.467 e. The first-order chi connectivity index (χ1) is 14.2. The number of hydrogen-bond donors (Lipinski definition) is 4. The van der Waals surface area contributed by atoms with Crippen LogP contribution in [0.1, 0.15) is 24.2 Å². The van der Waals surface area contributed by atoms with E-state index in [1.165, 1.54) is 31.2 Å². The first kappa shape index (κ1) is 21.8. The van der Waals surface area contributed by atoms with Gasteiger partial charge in [0.2, 0.25) is 17.3 Å². The highest BCUT2D eigenvalue weighted by Gasteiger charge is 2.74. The molecule has 1 spiro atoms. The zero-order valence-electron chi connectivity index (χ0n) is 16.7. The maximum absolute atomic E-state index is 13.1. The van der Waals surface area contributed by atoms with Gasteiger partial charge in [0.05, 0.1) is 0 Å². The predicted molar refractivity (Wildman–Crippen MR) is 103 cm³/mol. The van der Waals surface area contributed by atoms with Crippen LogP contribution < -0.4 is 5.32 Å². The summed E-state index contributed by atoms with van der Waals surface area (Å²) in [5.74, 6) is -3.17. The number of nitrogens with one attached hydrogen (secondary N) is 1. The zero-order chi connectivity index (χ0) is 22.3. The van der Waals surface area contributed by atoms with Crippen molar-refractivity contribution in [3.8, 4) is 0 Å². The van der Waals surface area contributed by atoms with Gasteiger partial charge >= 0.3 is 0 Å². The molecule has 5 atom stereocenters. The molecule has 2 aliphatic heterocycles. The molecule has 9 nitrogen and oxygen atoms in total. The van der Waals surface area contributed by atoms with Gasteiger partial charge < -0.3 is 30.1 Å². The van der Waals surface area contributed by atoms with Crippen molar-refractivity contribution < 1.29 is 39.2 Å². The molecule has 0 saturated carbocycles. The molecule has 1 amide bonds. The van der Waals surface area contributed by atoms with E-state index in [0.29, 0.717) is 0 Å². The molecule has 0 bridgehead atoms. The average Bonchev–Trinajstić information content (AvgIpc) is 3.15. The Morgan fingerprint density at radius 2 is 1.90 bits per heavy atom. The Labute approximate surface area is 172 Å². The average molecular weight is 417 g/mol. The Bertz CT molecular complexity index is 940. The van der Waals surface area contributed by atoms with E-state index in [1.54, 1.807) is 25.1 Å². The second-order valence-electron chi connectivity index (χ2n) is 7.11. The number of allylic oxidation sites excluding steroid dienone is 1. The summed E-state index contributed by atoms with van der Waals surface area (Å²) in [5.41, 5.74) is -4.83. The molecular formula is C21H23NO8. The number of amides is 1. The quantitative estimate of drug-likeness (QED) is 0.279. The van der Waals surface area contributed by atoms with E-state index in [1.807, 2.05) is 0 Å². The van der Waals surface area contributed by atoms with Gasteiger partial charge in [0.15, 0.2) is 6.10 Å². The second-order valence-corrected chi connectivity index (χ2v) is 7.11. The van der Waals surface area contributed by atoms with E-state index in [9.17, 15) is 29.7 Å². The summed E-state index contributed by atoms with van der Waals surface area (Å²) in [6.45, 7) is 2.92. The van der Waals surface area contributed by atoms with Crippen molar-refractivity contribution in [2.75, 3.05) is 7.11 Å². The van der Waals surface area contributed by atoms with Crippen molar-refractivity contribution in [2.24, 2.45) is 0 Å². The molecule has 30 heavy (non-hydrogen) atoms. The van der Waals surface area contributed by atoms with Crippen LogP contribution in [0.25, 0.3) is 0 Å². The summed E-state index contributed by atoms with van der Waals surface area (Å²) in [7, 11) is 1.11. The fourth-order valence-corrected chi connectivity index (χ4v) is 3.74. The van der Waals surface area contributed by atoms with Crippen molar-refractivity contribution in [3.05, 3.63) is 59.4 Å². The lowest BCUT2D eigenvalue weighted by molar-refractivity contribution is -0.163. The molecule has 9 heteroatoms. The highest BCUT2D eigenvalue weighted by molar-refractivity contribution is 6.23. The maximum Gasteiger partial charge on any atom is 0.278 e. The minimum absolute atomic E-state index is 0.134. The smallest absolute Gasteiger partial charge is 0.278 e. The fourth-order valence-electron chi connectivity index (χ4n) is 3.74. The number of Topliss-reactive ketones (excluding diaryl/α,β-unsaturated/α-hetero) is 2. The van der Waals surface area contributed by atoms with Crippen LogP contribution >= 0.6 is 0 Å². The van der Waals surface area contributed by atoms with E-state index >= 15 is 0 Å². The molecule has 1 aromatic rings. The third-order valence-electron chi connectivity index (χ3n) is 5.40. The van der Waals surface area contributed by atoms with Crippen molar-refractivity contribution in [1.82, 2.24) is 5.32 Å². The summed E-state index contributed by atoms with van der Waals surface area (Å²) < 4.78 is 10.8. The third-order valence-corrected chi connectivity index (χ3v) is 5.40. The van der Waals surface area contributed by atoms with Crippen LogP contribution in [-0.4, -0.2) is 69.5 Å². The third kappa shape index (κ3) is 2.90. The Balaban J connectivity index is 2.02. The van der Waals surface area contributed by atoms with Crippen LogP contribution in [0, 0.1) is 0 Å². The van der Waals surface area contributed by atoms with E-state index in [2.05, 4.69) is 5.32 Å². The monoisotopic (exact) mass is 417 g/mol. The Morgan fingerprint density at radius 3 is 2.47 bits per heavy atom. The van der Waals surface area contributed by atoms with Gasteiger partial charge in [-0.15, -0.1) is 0 Å². The summed E-state index contributed by atoms with van der Waals surface area (Å²) in [6.07, 6.45) is -2.38. The molecule has 160 valence electrons.